The Morgan fingerprint density at radius 2 is 2.25 bits per heavy atom. The van der Waals surface area contributed by atoms with Gasteiger partial charge in [0, 0.05) is 11.6 Å². The molecule has 1 aliphatic heterocycles. The van der Waals surface area contributed by atoms with Crippen LogP contribution in [0.3, 0.4) is 0 Å². The molecule has 7 heteroatoms. The molecule has 1 aromatic rings. The van der Waals surface area contributed by atoms with Crippen LogP contribution >= 0.6 is 11.6 Å². The predicted molar refractivity (Wildman–Crippen MR) is 73.5 cm³/mol. The first-order valence-corrected chi connectivity index (χ1v) is 6.66. The molecule has 1 amide bonds. The van der Waals surface area contributed by atoms with Gasteiger partial charge in [-0.15, -0.1) is 0 Å². The predicted octanol–water partition coefficient (Wildman–Crippen LogP) is 2.22. The van der Waals surface area contributed by atoms with Gasteiger partial charge < -0.3 is 15.8 Å². The first-order valence-electron chi connectivity index (χ1n) is 6.28. The van der Waals surface area contributed by atoms with Crippen molar-refractivity contribution in [3.8, 4) is 0 Å². The number of nitrogens with two attached hydrogens (primary N) is 1. The first kappa shape index (κ1) is 14.6. The summed E-state index contributed by atoms with van der Waals surface area (Å²) in [6.07, 6.45) is 2.26. The molecule has 108 valence electrons. The quantitative estimate of drug-likeness (QED) is 0.380. The van der Waals surface area contributed by atoms with Crippen molar-refractivity contribution in [2.75, 3.05) is 6.54 Å². The Kier molecular flexibility index (Phi) is 4.44. The van der Waals surface area contributed by atoms with E-state index in [1.54, 1.807) is 0 Å². The Morgan fingerprint density at radius 3 is 2.90 bits per heavy atom. The monoisotopic (exact) mass is 299 g/mol. The molecule has 1 heterocycles. The lowest BCUT2D eigenvalue weighted by atomic mass is 10.00. The van der Waals surface area contributed by atoms with E-state index in [1.807, 2.05) is 0 Å². The fourth-order valence-electron chi connectivity index (χ4n) is 2.37. The molecule has 1 unspecified atom stereocenters. The normalized spacial score (nSPS) is 20.0. The Morgan fingerprint density at radius 1 is 1.50 bits per heavy atom. The molecule has 1 aliphatic rings. The van der Waals surface area contributed by atoms with Crippen LogP contribution in [-0.2, 0) is 0 Å². The molecule has 2 rings (SSSR count). The molecule has 1 aromatic carbocycles. The van der Waals surface area contributed by atoms with Crippen LogP contribution in [0.2, 0.25) is 5.02 Å². The maximum Gasteiger partial charge on any atom is 0.257 e. The van der Waals surface area contributed by atoms with Crippen LogP contribution in [0.5, 0.6) is 0 Å². The Balaban J connectivity index is 2.30. The number of nitrogens with zero attached hydrogens (tertiary/aromatic N) is 2. The second-order valence-electron chi connectivity index (χ2n) is 4.66. The number of carbonyl (C=O) groups is 1. The summed E-state index contributed by atoms with van der Waals surface area (Å²) in [5.41, 5.74) is 5.54. The lowest BCUT2D eigenvalue weighted by Crippen LogP contribution is -2.50. The third kappa shape index (κ3) is 2.85. The van der Waals surface area contributed by atoms with E-state index in [1.165, 1.54) is 17.0 Å². The second kappa shape index (κ2) is 6.09. The Hall–Kier alpha value is -1.82. The number of halogens is 2. The van der Waals surface area contributed by atoms with Crippen LogP contribution < -0.4 is 5.73 Å². The van der Waals surface area contributed by atoms with Crippen LogP contribution in [0.1, 0.15) is 29.6 Å². The van der Waals surface area contributed by atoms with E-state index in [4.69, 9.17) is 22.5 Å². The molecule has 0 bridgehead atoms. The molecular formula is C13H15ClFN3O2. The summed E-state index contributed by atoms with van der Waals surface area (Å²) < 4.78 is 13.8. The topological polar surface area (TPSA) is 78.9 Å². The number of carbonyl (C=O) groups excluding carboxylic acids is 1. The molecule has 1 fully saturated rings. The smallest absolute Gasteiger partial charge is 0.257 e. The van der Waals surface area contributed by atoms with Crippen molar-refractivity contribution >= 4 is 23.3 Å². The number of amides is 1. The van der Waals surface area contributed by atoms with Crippen LogP contribution in [0.25, 0.3) is 0 Å². The average molecular weight is 300 g/mol. The number of rotatable bonds is 2. The van der Waals surface area contributed by atoms with Crippen molar-refractivity contribution in [2.45, 2.75) is 25.3 Å². The van der Waals surface area contributed by atoms with Crippen molar-refractivity contribution in [3.05, 3.63) is 34.6 Å². The van der Waals surface area contributed by atoms with Crippen molar-refractivity contribution in [3.63, 3.8) is 0 Å². The van der Waals surface area contributed by atoms with Crippen LogP contribution in [0.15, 0.2) is 23.4 Å². The zero-order valence-electron chi connectivity index (χ0n) is 10.7. The van der Waals surface area contributed by atoms with Crippen molar-refractivity contribution in [2.24, 2.45) is 10.9 Å². The van der Waals surface area contributed by atoms with Gasteiger partial charge in [-0.05, 0) is 37.5 Å². The Bertz CT molecular complexity index is 550. The minimum absolute atomic E-state index is 0.0348. The highest BCUT2D eigenvalue weighted by Crippen LogP contribution is 2.22. The average Bonchev–Trinajstić information content (AvgIpc) is 2.46. The summed E-state index contributed by atoms with van der Waals surface area (Å²) in [6.45, 7) is 0.446. The van der Waals surface area contributed by atoms with Crippen molar-refractivity contribution < 1.29 is 14.4 Å². The van der Waals surface area contributed by atoms with E-state index < -0.39 is 17.8 Å². The molecule has 0 aromatic heterocycles. The molecule has 1 saturated heterocycles. The maximum absolute atomic E-state index is 13.8. The zero-order valence-corrected chi connectivity index (χ0v) is 11.5. The maximum atomic E-state index is 13.8. The van der Waals surface area contributed by atoms with E-state index in [2.05, 4.69) is 5.16 Å². The summed E-state index contributed by atoms with van der Waals surface area (Å²) in [5, 5.41) is 12.0. The van der Waals surface area contributed by atoms with Gasteiger partial charge in [-0.1, -0.05) is 16.8 Å². The summed E-state index contributed by atoms with van der Waals surface area (Å²) in [6, 6.07) is 3.39. The number of oxime groups is 1. The van der Waals surface area contributed by atoms with Gasteiger partial charge in [-0.2, -0.15) is 0 Å². The van der Waals surface area contributed by atoms with E-state index in [0.717, 1.165) is 18.9 Å². The number of amidine groups is 1. The standard InChI is InChI=1S/C13H15ClFN3O2/c14-8-4-5-9(10(15)7-8)13(19)18-6-2-1-3-11(18)12(16)17-20/h4-5,7,11,20H,1-3,6H2,(H2,16,17). The van der Waals surface area contributed by atoms with Gasteiger partial charge in [0.25, 0.3) is 5.91 Å². The molecule has 1 atom stereocenters. The lowest BCUT2D eigenvalue weighted by molar-refractivity contribution is 0.0672. The van der Waals surface area contributed by atoms with E-state index in [-0.39, 0.29) is 16.4 Å². The fraction of sp³-hybridized carbons (Fsp3) is 0.385. The second-order valence-corrected chi connectivity index (χ2v) is 5.10. The van der Waals surface area contributed by atoms with E-state index in [9.17, 15) is 9.18 Å². The van der Waals surface area contributed by atoms with Gasteiger partial charge in [0.1, 0.15) is 5.82 Å². The van der Waals surface area contributed by atoms with Gasteiger partial charge in [-0.25, -0.2) is 4.39 Å². The van der Waals surface area contributed by atoms with Crippen LogP contribution in [-0.4, -0.2) is 34.4 Å². The molecule has 0 aliphatic carbocycles. The number of benzene rings is 1. The molecule has 0 saturated carbocycles. The summed E-state index contributed by atoms with van der Waals surface area (Å²) in [5.74, 6) is -1.19. The van der Waals surface area contributed by atoms with E-state index in [0.29, 0.717) is 13.0 Å². The molecule has 0 radical (unpaired) electrons. The van der Waals surface area contributed by atoms with Gasteiger partial charge in [0.15, 0.2) is 5.84 Å². The van der Waals surface area contributed by atoms with Crippen molar-refractivity contribution in [1.29, 1.82) is 0 Å². The molecule has 20 heavy (non-hydrogen) atoms. The first-order chi connectivity index (χ1) is 9.54. The van der Waals surface area contributed by atoms with Gasteiger partial charge >= 0.3 is 0 Å². The fourth-order valence-corrected chi connectivity index (χ4v) is 2.53. The number of hydrogen-bond donors (Lipinski definition) is 2. The van der Waals surface area contributed by atoms with Crippen LogP contribution in [0, 0.1) is 5.82 Å². The third-order valence-corrected chi connectivity index (χ3v) is 3.62. The number of piperidine rings is 1. The molecule has 5 nitrogen and oxygen atoms in total. The van der Waals surface area contributed by atoms with Gasteiger partial charge in [-0.3, -0.25) is 4.79 Å². The summed E-state index contributed by atoms with van der Waals surface area (Å²) in [4.78, 5) is 13.8. The highest BCUT2D eigenvalue weighted by atomic mass is 35.5. The van der Waals surface area contributed by atoms with Gasteiger partial charge in [0.05, 0.1) is 11.6 Å². The molecular weight excluding hydrogens is 285 g/mol. The van der Waals surface area contributed by atoms with E-state index >= 15 is 0 Å². The summed E-state index contributed by atoms with van der Waals surface area (Å²) in [7, 11) is 0. The highest BCUT2D eigenvalue weighted by Gasteiger charge is 2.31. The third-order valence-electron chi connectivity index (χ3n) is 3.38. The molecule has 3 N–H and O–H groups in total. The van der Waals surface area contributed by atoms with Crippen LogP contribution in [0.4, 0.5) is 4.39 Å². The highest BCUT2D eigenvalue weighted by molar-refractivity contribution is 6.30. The lowest BCUT2D eigenvalue weighted by Gasteiger charge is -2.34. The molecule has 0 spiro atoms. The zero-order chi connectivity index (χ0) is 14.7. The largest absolute Gasteiger partial charge is 0.409 e. The number of likely N-dealkylation sites (tertiary alicyclic amines) is 1. The minimum Gasteiger partial charge on any atom is -0.409 e. The summed E-state index contributed by atoms with van der Waals surface area (Å²) >= 11 is 5.67. The SMILES string of the molecule is NC(=NO)C1CCCCN1C(=O)c1ccc(Cl)cc1F. The van der Waals surface area contributed by atoms with Crippen molar-refractivity contribution in [1.82, 2.24) is 4.90 Å². The Labute approximate surface area is 120 Å². The number of hydrogen-bond acceptors (Lipinski definition) is 3. The van der Waals surface area contributed by atoms with Gasteiger partial charge in [0.2, 0.25) is 0 Å². The minimum atomic E-state index is -0.675.